The number of carbonyl (C=O) groups excluding carboxylic acids is 2. The average Bonchev–Trinajstić information content (AvgIpc) is 2.66. The highest BCUT2D eigenvalue weighted by atomic mass is 16.5. The highest BCUT2D eigenvalue weighted by Gasteiger charge is 2.26. The van der Waals surface area contributed by atoms with Gasteiger partial charge in [-0.1, -0.05) is 47.5 Å². The molecule has 2 aromatic carbocycles. The summed E-state index contributed by atoms with van der Waals surface area (Å²) in [6, 6.07) is 13.2. The first-order valence-electron chi connectivity index (χ1n) is 9.64. The highest BCUT2D eigenvalue weighted by Crippen LogP contribution is 2.19. The number of hydrogen-bond donors (Lipinski definition) is 1. The van der Waals surface area contributed by atoms with Gasteiger partial charge in [-0.2, -0.15) is 0 Å². The molecule has 0 saturated carbocycles. The first-order valence-corrected chi connectivity index (χ1v) is 9.64. The van der Waals surface area contributed by atoms with Crippen LogP contribution in [0.3, 0.4) is 0 Å². The molecule has 5 heteroatoms. The van der Waals surface area contributed by atoms with E-state index in [1.54, 1.807) is 11.8 Å². The van der Waals surface area contributed by atoms with Crippen LogP contribution in [-0.4, -0.2) is 35.9 Å². The SMILES string of the molecule is CCNC(=O)[C@H](C)N(Cc1ccc(C)cc1)C(=O)COc1ccc(C)cc1C. The number of carbonyl (C=O) groups is 2. The molecule has 28 heavy (non-hydrogen) atoms. The van der Waals surface area contributed by atoms with Crippen molar-refractivity contribution in [2.24, 2.45) is 0 Å². The molecule has 1 N–H and O–H groups in total. The topological polar surface area (TPSA) is 58.6 Å². The zero-order chi connectivity index (χ0) is 20.7. The van der Waals surface area contributed by atoms with Crippen LogP contribution >= 0.6 is 0 Å². The van der Waals surface area contributed by atoms with E-state index in [4.69, 9.17) is 4.74 Å². The van der Waals surface area contributed by atoms with Crippen LogP contribution in [-0.2, 0) is 16.1 Å². The first kappa shape index (κ1) is 21.5. The molecule has 0 fully saturated rings. The van der Waals surface area contributed by atoms with Crippen LogP contribution in [0.4, 0.5) is 0 Å². The number of ether oxygens (including phenoxy) is 1. The van der Waals surface area contributed by atoms with Crippen molar-refractivity contribution in [2.75, 3.05) is 13.2 Å². The lowest BCUT2D eigenvalue weighted by atomic mass is 10.1. The third kappa shape index (κ3) is 5.84. The average molecular weight is 383 g/mol. The van der Waals surface area contributed by atoms with Crippen molar-refractivity contribution in [3.63, 3.8) is 0 Å². The molecule has 150 valence electrons. The maximum absolute atomic E-state index is 12.9. The van der Waals surface area contributed by atoms with Crippen LogP contribution in [0.25, 0.3) is 0 Å². The molecular formula is C23H30N2O3. The van der Waals surface area contributed by atoms with Crippen molar-refractivity contribution < 1.29 is 14.3 Å². The number of benzene rings is 2. The van der Waals surface area contributed by atoms with Crippen LogP contribution in [0, 0.1) is 20.8 Å². The number of amides is 2. The van der Waals surface area contributed by atoms with Crippen molar-refractivity contribution in [3.8, 4) is 5.75 Å². The van der Waals surface area contributed by atoms with Gasteiger partial charge in [0.1, 0.15) is 11.8 Å². The Hall–Kier alpha value is -2.82. The number of aryl methyl sites for hydroxylation is 3. The minimum Gasteiger partial charge on any atom is -0.483 e. The summed E-state index contributed by atoms with van der Waals surface area (Å²) < 4.78 is 5.76. The summed E-state index contributed by atoms with van der Waals surface area (Å²) in [7, 11) is 0. The Bertz CT molecular complexity index is 815. The molecular weight excluding hydrogens is 352 g/mol. The summed E-state index contributed by atoms with van der Waals surface area (Å²) in [5.41, 5.74) is 4.25. The minimum absolute atomic E-state index is 0.112. The van der Waals surface area contributed by atoms with Gasteiger partial charge < -0.3 is 15.0 Å². The van der Waals surface area contributed by atoms with Crippen molar-refractivity contribution in [1.82, 2.24) is 10.2 Å². The Kier molecular flexibility index (Phi) is 7.61. The largest absolute Gasteiger partial charge is 0.483 e. The third-order valence-corrected chi connectivity index (χ3v) is 4.67. The molecule has 0 aromatic heterocycles. The van der Waals surface area contributed by atoms with Gasteiger partial charge in [0, 0.05) is 13.1 Å². The summed E-state index contributed by atoms with van der Waals surface area (Å²) in [6.45, 7) is 10.4. The molecule has 0 aliphatic carbocycles. The summed E-state index contributed by atoms with van der Waals surface area (Å²) in [4.78, 5) is 26.9. The zero-order valence-corrected chi connectivity index (χ0v) is 17.4. The number of rotatable bonds is 8. The molecule has 0 spiro atoms. The lowest BCUT2D eigenvalue weighted by molar-refractivity contribution is -0.142. The van der Waals surface area contributed by atoms with Gasteiger partial charge in [0.25, 0.3) is 5.91 Å². The molecule has 0 aliphatic heterocycles. The number of likely N-dealkylation sites (N-methyl/N-ethyl adjacent to an activating group) is 1. The fourth-order valence-electron chi connectivity index (χ4n) is 2.98. The maximum Gasteiger partial charge on any atom is 0.261 e. The summed E-state index contributed by atoms with van der Waals surface area (Å²) in [5, 5.41) is 2.79. The minimum atomic E-state index is -0.587. The van der Waals surface area contributed by atoms with Gasteiger partial charge in [-0.3, -0.25) is 9.59 Å². The van der Waals surface area contributed by atoms with E-state index in [9.17, 15) is 9.59 Å². The second kappa shape index (κ2) is 9.93. The quantitative estimate of drug-likeness (QED) is 0.760. The molecule has 2 amide bonds. The predicted molar refractivity (Wildman–Crippen MR) is 111 cm³/mol. The van der Waals surface area contributed by atoms with E-state index in [0.717, 1.165) is 22.3 Å². The number of hydrogen-bond acceptors (Lipinski definition) is 3. The van der Waals surface area contributed by atoms with E-state index in [1.165, 1.54) is 0 Å². The summed E-state index contributed by atoms with van der Waals surface area (Å²) >= 11 is 0. The Balaban J connectivity index is 2.15. The van der Waals surface area contributed by atoms with Crippen LogP contribution < -0.4 is 10.1 Å². The molecule has 1 atom stereocenters. The molecule has 0 heterocycles. The lowest BCUT2D eigenvalue weighted by Gasteiger charge is -2.28. The summed E-state index contributed by atoms with van der Waals surface area (Å²) in [5.74, 6) is 0.286. The van der Waals surface area contributed by atoms with Crippen LogP contribution in [0.15, 0.2) is 42.5 Å². The molecule has 2 rings (SSSR count). The molecule has 0 radical (unpaired) electrons. The van der Waals surface area contributed by atoms with Crippen molar-refractivity contribution in [3.05, 3.63) is 64.7 Å². The normalized spacial score (nSPS) is 11.6. The van der Waals surface area contributed by atoms with Crippen molar-refractivity contribution in [2.45, 2.75) is 47.2 Å². The van der Waals surface area contributed by atoms with Gasteiger partial charge in [0.05, 0.1) is 0 Å². The van der Waals surface area contributed by atoms with E-state index in [1.807, 2.05) is 70.2 Å². The van der Waals surface area contributed by atoms with Gasteiger partial charge in [0.2, 0.25) is 5.91 Å². The predicted octanol–water partition coefficient (Wildman–Crippen LogP) is 3.54. The molecule has 0 unspecified atom stereocenters. The van der Waals surface area contributed by atoms with Gasteiger partial charge in [-0.05, 0) is 51.8 Å². The lowest BCUT2D eigenvalue weighted by Crippen LogP contribution is -2.49. The highest BCUT2D eigenvalue weighted by molar-refractivity contribution is 5.87. The van der Waals surface area contributed by atoms with Gasteiger partial charge >= 0.3 is 0 Å². The molecule has 5 nitrogen and oxygen atoms in total. The standard InChI is InChI=1S/C23H30N2O3/c1-6-24-23(27)19(5)25(14-20-10-7-16(2)8-11-20)22(26)15-28-21-12-9-17(3)13-18(21)4/h7-13,19H,6,14-15H2,1-5H3,(H,24,27)/t19-/m0/s1. The monoisotopic (exact) mass is 382 g/mol. The smallest absolute Gasteiger partial charge is 0.261 e. The van der Waals surface area contributed by atoms with Gasteiger partial charge in [-0.15, -0.1) is 0 Å². The van der Waals surface area contributed by atoms with E-state index in [0.29, 0.717) is 18.8 Å². The van der Waals surface area contributed by atoms with E-state index in [-0.39, 0.29) is 18.4 Å². The fraction of sp³-hybridized carbons (Fsp3) is 0.391. The van der Waals surface area contributed by atoms with Crippen LogP contribution in [0.2, 0.25) is 0 Å². The van der Waals surface area contributed by atoms with E-state index in [2.05, 4.69) is 5.32 Å². The number of nitrogens with one attached hydrogen (secondary N) is 1. The Morgan fingerprint density at radius 1 is 1.04 bits per heavy atom. The third-order valence-electron chi connectivity index (χ3n) is 4.67. The number of nitrogens with zero attached hydrogens (tertiary/aromatic N) is 1. The van der Waals surface area contributed by atoms with Crippen molar-refractivity contribution in [1.29, 1.82) is 0 Å². The second-order valence-corrected chi connectivity index (χ2v) is 7.14. The maximum atomic E-state index is 12.9. The summed E-state index contributed by atoms with van der Waals surface area (Å²) in [6.07, 6.45) is 0. The first-order chi connectivity index (χ1) is 13.3. The zero-order valence-electron chi connectivity index (χ0n) is 17.4. The van der Waals surface area contributed by atoms with E-state index < -0.39 is 6.04 Å². The fourth-order valence-corrected chi connectivity index (χ4v) is 2.98. The molecule has 2 aromatic rings. The van der Waals surface area contributed by atoms with Crippen LogP contribution in [0.1, 0.15) is 36.1 Å². The van der Waals surface area contributed by atoms with E-state index >= 15 is 0 Å². The Labute approximate surface area is 167 Å². The Morgan fingerprint density at radius 3 is 2.29 bits per heavy atom. The Morgan fingerprint density at radius 2 is 1.68 bits per heavy atom. The van der Waals surface area contributed by atoms with Crippen molar-refractivity contribution >= 4 is 11.8 Å². The molecule has 0 bridgehead atoms. The second-order valence-electron chi connectivity index (χ2n) is 7.14. The molecule has 0 saturated heterocycles. The molecule has 0 aliphatic rings. The van der Waals surface area contributed by atoms with Crippen LogP contribution in [0.5, 0.6) is 5.75 Å². The van der Waals surface area contributed by atoms with Gasteiger partial charge in [0.15, 0.2) is 6.61 Å². The van der Waals surface area contributed by atoms with Gasteiger partial charge in [-0.25, -0.2) is 0 Å².